The third-order valence-corrected chi connectivity index (χ3v) is 3.49. The second kappa shape index (κ2) is 4.61. The number of aryl methyl sites for hydroxylation is 1. The van der Waals surface area contributed by atoms with E-state index in [0.717, 1.165) is 12.0 Å². The van der Waals surface area contributed by atoms with Gasteiger partial charge >= 0.3 is 5.97 Å². The minimum absolute atomic E-state index is 0.386. The number of carbonyl (C=O) groups is 2. The van der Waals surface area contributed by atoms with E-state index in [2.05, 4.69) is 5.32 Å². The minimum atomic E-state index is -1.09. The predicted octanol–water partition coefficient (Wildman–Crippen LogP) is 2.39. The van der Waals surface area contributed by atoms with Crippen molar-refractivity contribution < 1.29 is 14.7 Å². The molecule has 0 heterocycles. The number of halogens is 1. The summed E-state index contributed by atoms with van der Waals surface area (Å²) < 4.78 is 0. The van der Waals surface area contributed by atoms with Gasteiger partial charge in [-0.05, 0) is 49.9 Å². The average Bonchev–Trinajstić information content (AvgIpc) is 2.21. The molecule has 1 amide bonds. The van der Waals surface area contributed by atoms with Crippen molar-refractivity contribution in [2.75, 3.05) is 0 Å². The lowest BCUT2D eigenvalue weighted by Crippen LogP contribution is -2.59. The van der Waals surface area contributed by atoms with Gasteiger partial charge in [-0.25, -0.2) is 4.79 Å². The van der Waals surface area contributed by atoms with Gasteiger partial charge in [-0.3, -0.25) is 4.79 Å². The summed E-state index contributed by atoms with van der Waals surface area (Å²) in [6.45, 7) is 1.83. The van der Waals surface area contributed by atoms with E-state index >= 15 is 0 Å². The second-order valence-electron chi connectivity index (χ2n) is 4.71. The number of hydrogen-bond acceptors (Lipinski definition) is 2. The van der Waals surface area contributed by atoms with E-state index in [-0.39, 0.29) is 5.91 Å². The van der Waals surface area contributed by atoms with Gasteiger partial charge in [0.1, 0.15) is 5.54 Å². The molecular weight excluding hydrogens is 254 g/mol. The average molecular weight is 268 g/mol. The quantitative estimate of drug-likeness (QED) is 0.884. The Balaban J connectivity index is 2.19. The zero-order chi connectivity index (χ0) is 13.3. The second-order valence-corrected chi connectivity index (χ2v) is 5.15. The van der Waals surface area contributed by atoms with E-state index in [1.165, 1.54) is 6.07 Å². The summed E-state index contributed by atoms with van der Waals surface area (Å²) in [7, 11) is 0. The van der Waals surface area contributed by atoms with Gasteiger partial charge in [0.05, 0.1) is 0 Å². The van der Waals surface area contributed by atoms with Crippen molar-refractivity contribution in [3.63, 3.8) is 0 Å². The molecule has 0 aliphatic heterocycles. The highest BCUT2D eigenvalue weighted by atomic mass is 35.5. The van der Waals surface area contributed by atoms with E-state index in [0.29, 0.717) is 23.4 Å². The van der Waals surface area contributed by atoms with Gasteiger partial charge in [-0.1, -0.05) is 11.6 Å². The fraction of sp³-hybridized carbons (Fsp3) is 0.385. The molecule has 0 saturated heterocycles. The Morgan fingerprint density at radius 3 is 2.44 bits per heavy atom. The zero-order valence-electron chi connectivity index (χ0n) is 10.00. The number of carboxylic acids is 1. The molecule has 1 aromatic rings. The lowest BCUT2D eigenvalue weighted by molar-refractivity contribution is -0.148. The summed E-state index contributed by atoms with van der Waals surface area (Å²) in [5.41, 5.74) is 0.172. The molecule has 0 spiro atoms. The molecule has 1 aliphatic carbocycles. The number of carbonyl (C=O) groups excluding carboxylic acids is 1. The highest BCUT2D eigenvalue weighted by Crippen LogP contribution is 2.32. The highest BCUT2D eigenvalue weighted by Gasteiger charge is 2.45. The SMILES string of the molecule is Cc1cc(Cl)cc(C(=O)NC2(C(=O)O)CCC2)c1. The molecule has 0 atom stereocenters. The monoisotopic (exact) mass is 267 g/mol. The fourth-order valence-corrected chi connectivity index (χ4v) is 2.37. The van der Waals surface area contributed by atoms with Crippen LogP contribution in [0.3, 0.4) is 0 Å². The van der Waals surface area contributed by atoms with Gasteiger partial charge in [0, 0.05) is 10.6 Å². The molecule has 1 aliphatic rings. The van der Waals surface area contributed by atoms with Gasteiger partial charge in [-0.15, -0.1) is 0 Å². The van der Waals surface area contributed by atoms with E-state index in [4.69, 9.17) is 16.7 Å². The van der Waals surface area contributed by atoms with Crippen molar-refractivity contribution in [3.8, 4) is 0 Å². The summed E-state index contributed by atoms with van der Waals surface area (Å²) in [5, 5.41) is 12.2. The van der Waals surface area contributed by atoms with Gasteiger partial charge < -0.3 is 10.4 Å². The third kappa shape index (κ3) is 2.34. The first-order chi connectivity index (χ1) is 8.43. The van der Waals surface area contributed by atoms with Gasteiger partial charge in [-0.2, -0.15) is 0 Å². The first-order valence-corrected chi connectivity index (χ1v) is 6.14. The standard InChI is InChI=1S/C13H14ClNO3/c1-8-5-9(7-10(14)6-8)11(16)15-13(12(17)18)3-2-4-13/h5-7H,2-4H2,1H3,(H,15,16)(H,17,18). The van der Waals surface area contributed by atoms with Crippen LogP contribution in [0.5, 0.6) is 0 Å². The molecule has 1 saturated carbocycles. The van der Waals surface area contributed by atoms with Crippen molar-refractivity contribution in [1.82, 2.24) is 5.32 Å². The largest absolute Gasteiger partial charge is 0.480 e. The Labute approximate surface area is 110 Å². The molecule has 5 heteroatoms. The van der Waals surface area contributed by atoms with Crippen LogP contribution in [0.1, 0.15) is 35.2 Å². The molecule has 4 nitrogen and oxygen atoms in total. The minimum Gasteiger partial charge on any atom is -0.480 e. The van der Waals surface area contributed by atoms with E-state index < -0.39 is 11.5 Å². The van der Waals surface area contributed by atoms with Crippen LogP contribution in [0, 0.1) is 6.92 Å². The van der Waals surface area contributed by atoms with Gasteiger partial charge in [0.2, 0.25) is 0 Å². The molecule has 0 unspecified atom stereocenters. The van der Waals surface area contributed by atoms with Gasteiger partial charge in [0.25, 0.3) is 5.91 Å². The third-order valence-electron chi connectivity index (χ3n) is 3.27. The summed E-state index contributed by atoms with van der Waals surface area (Å²) in [6.07, 6.45) is 1.78. The van der Waals surface area contributed by atoms with Crippen molar-refractivity contribution in [2.24, 2.45) is 0 Å². The molecular formula is C13H14ClNO3. The maximum Gasteiger partial charge on any atom is 0.329 e. The predicted molar refractivity (Wildman–Crippen MR) is 67.9 cm³/mol. The normalized spacial score (nSPS) is 16.8. The number of nitrogens with one attached hydrogen (secondary N) is 1. The molecule has 0 bridgehead atoms. The lowest BCUT2D eigenvalue weighted by atomic mass is 9.76. The Morgan fingerprint density at radius 1 is 1.33 bits per heavy atom. The van der Waals surface area contributed by atoms with Crippen LogP contribution in [-0.2, 0) is 4.79 Å². The topological polar surface area (TPSA) is 66.4 Å². The van der Waals surface area contributed by atoms with Crippen LogP contribution in [0.15, 0.2) is 18.2 Å². The number of benzene rings is 1. The van der Waals surface area contributed by atoms with Crippen molar-refractivity contribution in [2.45, 2.75) is 31.7 Å². The Bertz CT molecular complexity index is 489. The maximum atomic E-state index is 12.0. The molecule has 0 aromatic heterocycles. The smallest absolute Gasteiger partial charge is 0.329 e. The van der Waals surface area contributed by atoms with Crippen LogP contribution in [0.4, 0.5) is 0 Å². The van der Waals surface area contributed by atoms with E-state index in [1.807, 2.05) is 6.92 Å². The number of amides is 1. The highest BCUT2D eigenvalue weighted by molar-refractivity contribution is 6.31. The van der Waals surface area contributed by atoms with Gasteiger partial charge in [0.15, 0.2) is 0 Å². The Kier molecular flexibility index (Phi) is 3.30. The first-order valence-electron chi connectivity index (χ1n) is 5.76. The lowest BCUT2D eigenvalue weighted by Gasteiger charge is -2.38. The van der Waals surface area contributed by atoms with Crippen LogP contribution < -0.4 is 5.32 Å². The van der Waals surface area contributed by atoms with Crippen LogP contribution in [-0.4, -0.2) is 22.5 Å². The van der Waals surface area contributed by atoms with Crippen molar-refractivity contribution in [1.29, 1.82) is 0 Å². The van der Waals surface area contributed by atoms with E-state index in [9.17, 15) is 9.59 Å². The van der Waals surface area contributed by atoms with E-state index in [1.54, 1.807) is 12.1 Å². The number of hydrogen-bond donors (Lipinski definition) is 2. The summed E-state index contributed by atoms with van der Waals surface area (Å²) in [4.78, 5) is 23.2. The Morgan fingerprint density at radius 2 is 2.00 bits per heavy atom. The molecule has 2 rings (SSSR count). The van der Waals surface area contributed by atoms with Crippen LogP contribution in [0.2, 0.25) is 5.02 Å². The van der Waals surface area contributed by atoms with Crippen LogP contribution in [0.25, 0.3) is 0 Å². The summed E-state index contributed by atoms with van der Waals surface area (Å²) in [6, 6.07) is 4.97. The number of rotatable bonds is 3. The molecule has 2 N–H and O–H groups in total. The number of aliphatic carboxylic acids is 1. The molecule has 1 fully saturated rings. The molecule has 96 valence electrons. The maximum absolute atomic E-state index is 12.0. The van der Waals surface area contributed by atoms with Crippen LogP contribution >= 0.6 is 11.6 Å². The van der Waals surface area contributed by atoms with Crippen molar-refractivity contribution >= 4 is 23.5 Å². The first kappa shape index (κ1) is 12.9. The Hall–Kier alpha value is -1.55. The zero-order valence-corrected chi connectivity index (χ0v) is 10.8. The molecule has 0 radical (unpaired) electrons. The summed E-state index contributed by atoms with van der Waals surface area (Å²) >= 11 is 5.88. The van der Waals surface area contributed by atoms with Crippen molar-refractivity contribution in [3.05, 3.63) is 34.3 Å². The fourth-order valence-electron chi connectivity index (χ4n) is 2.08. The molecule has 1 aromatic carbocycles. The summed E-state index contributed by atoms with van der Waals surface area (Å²) in [5.74, 6) is -1.36. The molecule has 18 heavy (non-hydrogen) atoms. The number of carboxylic acid groups (broad SMARTS) is 1.